The van der Waals surface area contributed by atoms with Gasteiger partial charge in [0, 0.05) is 41.1 Å². The number of anilines is 1. The fraction of sp³-hybridized carbons (Fsp3) is 0.296. The Morgan fingerprint density at radius 3 is 2.73 bits per heavy atom. The Kier molecular flexibility index (Phi) is 4.42. The van der Waals surface area contributed by atoms with Gasteiger partial charge in [-0.2, -0.15) is 0 Å². The smallest absolute Gasteiger partial charge is 0.150 e. The van der Waals surface area contributed by atoms with Gasteiger partial charge >= 0.3 is 0 Å². The molecule has 0 saturated heterocycles. The first kappa shape index (κ1) is 20.1. The molecule has 6 rings (SSSR count). The molecule has 166 valence electrons. The number of hydrogen-bond acceptors (Lipinski definition) is 5. The first-order valence-corrected chi connectivity index (χ1v) is 11.5. The number of fused-ring (bicyclic) bond motifs is 2. The van der Waals surface area contributed by atoms with Crippen LogP contribution in [0.3, 0.4) is 0 Å². The normalized spacial score (nSPS) is 28.6. The van der Waals surface area contributed by atoms with E-state index in [0.29, 0.717) is 18.7 Å². The third-order valence-corrected chi connectivity index (χ3v) is 7.06. The number of hydrogen-bond donors (Lipinski definition) is 2. The van der Waals surface area contributed by atoms with Crippen molar-refractivity contribution in [2.45, 2.75) is 38.2 Å². The van der Waals surface area contributed by atoms with E-state index in [1.807, 2.05) is 35.7 Å². The maximum Gasteiger partial charge on any atom is 0.150 e. The second kappa shape index (κ2) is 7.25. The number of benzene rings is 1. The van der Waals surface area contributed by atoms with Crippen molar-refractivity contribution in [3.63, 3.8) is 0 Å². The van der Waals surface area contributed by atoms with Gasteiger partial charge in [-0.15, -0.1) is 0 Å². The van der Waals surface area contributed by atoms with E-state index in [9.17, 15) is 5.11 Å². The summed E-state index contributed by atoms with van der Waals surface area (Å²) >= 11 is 0. The molecule has 3 aromatic rings. The van der Waals surface area contributed by atoms with Gasteiger partial charge in [-0.25, -0.2) is 9.97 Å². The predicted molar refractivity (Wildman–Crippen MR) is 131 cm³/mol. The number of aromatic nitrogens is 3. The Balaban J connectivity index is 1.45. The Morgan fingerprint density at radius 1 is 1.18 bits per heavy atom. The van der Waals surface area contributed by atoms with Gasteiger partial charge in [0.05, 0.1) is 17.0 Å². The van der Waals surface area contributed by atoms with Gasteiger partial charge in [0.25, 0.3) is 0 Å². The lowest BCUT2D eigenvalue weighted by Crippen LogP contribution is -2.40. The summed E-state index contributed by atoms with van der Waals surface area (Å²) in [6, 6.07) is 10.3. The van der Waals surface area contributed by atoms with Crippen LogP contribution in [-0.4, -0.2) is 30.8 Å². The van der Waals surface area contributed by atoms with Crippen molar-refractivity contribution in [3.8, 4) is 0 Å². The van der Waals surface area contributed by atoms with Crippen LogP contribution in [0.5, 0.6) is 0 Å². The number of aliphatic hydroxyl groups is 1. The zero-order chi connectivity index (χ0) is 22.7. The summed E-state index contributed by atoms with van der Waals surface area (Å²) in [5, 5.41) is 10.3. The average molecular weight is 438 g/mol. The molecule has 3 aliphatic rings. The summed E-state index contributed by atoms with van der Waals surface area (Å²) in [6.45, 7) is 4.10. The molecule has 1 saturated carbocycles. The van der Waals surface area contributed by atoms with E-state index in [4.69, 9.17) is 15.7 Å². The van der Waals surface area contributed by atoms with Crippen molar-refractivity contribution in [3.05, 3.63) is 89.8 Å². The summed E-state index contributed by atoms with van der Waals surface area (Å²) in [5.41, 5.74) is 11.5. The highest BCUT2D eigenvalue weighted by Gasteiger charge is 2.42. The summed E-state index contributed by atoms with van der Waals surface area (Å²) in [6.07, 6.45) is 13.8. The standard InChI is InChI=1S/C27H27N5O/c1-16-12-18(13-22-20(16)8-9-21(30-22)17-6-4-3-5-7-17)23-24-25(28)29-10-11-32(24)26(31-23)19-14-27(2,33)15-19/h3-13,16,19-20,33H,14-15H2,1-2H3,(H2,28,29). The minimum Gasteiger partial charge on any atom is -0.390 e. The quantitative estimate of drug-likeness (QED) is 0.630. The van der Waals surface area contributed by atoms with Gasteiger partial charge in [-0.3, -0.25) is 9.39 Å². The molecule has 1 aromatic carbocycles. The zero-order valence-corrected chi connectivity index (χ0v) is 18.8. The molecular weight excluding hydrogens is 410 g/mol. The second-order valence-electron chi connectivity index (χ2n) is 9.75. The fourth-order valence-corrected chi connectivity index (χ4v) is 5.39. The van der Waals surface area contributed by atoms with Crippen LogP contribution in [0.2, 0.25) is 0 Å². The van der Waals surface area contributed by atoms with Gasteiger partial charge in [0.2, 0.25) is 0 Å². The third kappa shape index (κ3) is 3.33. The lowest BCUT2D eigenvalue weighted by Gasteiger charge is -2.40. The number of aliphatic imine (C=N–C) groups is 1. The van der Waals surface area contributed by atoms with Gasteiger partial charge in [0.15, 0.2) is 0 Å². The van der Waals surface area contributed by atoms with Gasteiger partial charge < -0.3 is 10.8 Å². The Hall–Kier alpha value is -3.51. The maximum absolute atomic E-state index is 10.3. The molecular formula is C27H27N5O. The molecule has 0 bridgehead atoms. The van der Waals surface area contributed by atoms with E-state index in [-0.39, 0.29) is 17.8 Å². The Labute approximate surface area is 192 Å². The summed E-state index contributed by atoms with van der Waals surface area (Å²) in [7, 11) is 0. The van der Waals surface area contributed by atoms with Crippen molar-refractivity contribution < 1.29 is 5.11 Å². The van der Waals surface area contributed by atoms with Crippen LogP contribution >= 0.6 is 0 Å². The van der Waals surface area contributed by atoms with E-state index in [2.05, 4.69) is 48.3 Å². The number of rotatable bonds is 3. The molecule has 0 radical (unpaired) electrons. The highest BCUT2D eigenvalue weighted by molar-refractivity contribution is 6.10. The molecule has 1 aliphatic heterocycles. The van der Waals surface area contributed by atoms with Crippen molar-refractivity contribution >= 4 is 22.6 Å². The zero-order valence-electron chi connectivity index (χ0n) is 18.8. The lowest BCUT2D eigenvalue weighted by atomic mass is 9.72. The predicted octanol–water partition coefficient (Wildman–Crippen LogP) is 4.53. The van der Waals surface area contributed by atoms with Gasteiger partial charge in [-0.05, 0) is 37.8 Å². The average Bonchev–Trinajstić information content (AvgIpc) is 3.18. The molecule has 2 unspecified atom stereocenters. The van der Waals surface area contributed by atoms with Gasteiger partial charge in [-0.1, -0.05) is 49.4 Å². The summed E-state index contributed by atoms with van der Waals surface area (Å²) in [5.74, 6) is 2.12. The Bertz CT molecular complexity index is 1370. The van der Waals surface area contributed by atoms with E-state index in [1.165, 1.54) is 0 Å². The molecule has 1 fully saturated rings. The molecule has 0 spiro atoms. The second-order valence-corrected chi connectivity index (χ2v) is 9.75. The van der Waals surface area contributed by atoms with Gasteiger partial charge in [0.1, 0.15) is 17.2 Å². The van der Waals surface area contributed by atoms with Crippen LogP contribution in [0.1, 0.15) is 49.7 Å². The molecule has 6 heteroatoms. The van der Waals surface area contributed by atoms with Crippen molar-refractivity contribution in [2.24, 2.45) is 16.8 Å². The molecule has 33 heavy (non-hydrogen) atoms. The molecule has 2 aliphatic carbocycles. The maximum atomic E-state index is 10.3. The fourth-order valence-electron chi connectivity index (χ4n) is 5.39. The van der Waals surface area contributed by atoms with E-state index < -0.39 is 5.60 Å². The lowest BCUT2D eigenvalue weighted by molar-refractivity contribution is -0.0335. The molecule has 2 atom stereocenters. The molecule has 6 nitrogen and oxygen atoms in total. The molecule has 2 aromatic heterocycles. The van der Waals surface area contributed by atoms with Crippen molar-refractivity contribution in [2.75, 3.05) is 5.73 Å². The van der Waals surface area contributed by atoms with E-state index >= 15 is 0 Å². The first-order valence-electron chi connectivity index (χ1n) is 11.5. The summed E-state index contributed by atoms with van der Waals surface area (Å²) < 4.78 is 2.05. The largest absolute Gasteiger partial charge is 0.390 e. The van der Waals surface area contributed by atoms with Crippen LogP contribution in [0.4, 0.5) is 5.82 Å². The summed E-state index contributed by atoms with van der Waals surface area (Å²) in [4.78, 5) is 14.4. The van der Waals surface area contributed by atoms with Crippen molar-refractivity contribution in [1.29, 1.82) is 0 Å². The number of nitrogen functional groups attached to an aromatic ring is 1. The highest BCUT2D eigenvalue weighted by atomic mass is 16.3. The number of nitrogens with zero attached hydrogens (tertiary/aromatic N) is 4. The SMILES string of the molecule is CC1C=C(c2nc(C3CC(C)(O)C3)n3ccnc(N)c23)C=C2N=C(c3ccccc3)C=CC21. The first-order chi connectivity index (χ1) is 15.9. The van der Waals surface area contributed by atoms with Crippen molar-refractivity contribution in [1.82, 2.24) is 14.4 Å². The van der Waals surface area contributed by atoms with Crippen LogP contribution in [0.15, 0.2) is 77.7 Å². The molecule has 3 N–H and O–H groups in total. The van der Waals surface area contributed by atoms with Crippen LogP contribution in [0.25, 0.3) is 11.1 Å². The minimum absolute atomic E-state index is 0.199. The number of dihydropyridines is 1. The van der Waals surface area contributed by atoms with Crippen LogP contribution in [-0.2, 0) is 0 Å². The topological polar surface area (TPSA) is 88.8 Å². The number of nitrogens with two attached hydrogens (primary N) is 1. The highest BCUT2D eigenvalue weighted by Crippen LogP contribution is 2.45. The van der Waals surface area contributed by atoms with Crippen LogP contribution in [0, 0.1) is 11.8 Å². The van der Waals surface area contributed by atoms with Crippen LogP contribution < -0.4 is 5.73 Å². The van der Waals surface area contributed by atoms with E-state index in [1.54, 1.807) is 6.20 Å². The third-order valence-electron chi connectivity index (χ3n) is 7.06. The molecule has 3 heterocycles. The number of imidazole rings is 1. The monoisotopic (exact) mass is 437 g/mol. The van der Waals surface area contributed by atoms with E-state index in [0.717, 1.165) is 39.6 Å². The Morgan fingerprint density at radius 2 is 1.97 bits per heavy atom. The minimum atomic E-state index is -0.625. The number of allylic oxidation sites excluding steroid dienone is 5. The molecule has 0 amide bonds.